The minimum Gasteiger partial charge on any atom is -0.504 e. The molecule has 0 spiro atoms. The monoisotopic (exact) mass is 223 g/mol. The van der Waals surface area contributed by atoms with Crippen molar-refractivity contribution in [3.63, 3.8) is 0 Å². The molecule has 0 aliphatic carbocycles. The van der Waals surface area contributed by atoms with Crippen molar-refractivity contribution in [2.24, 2.45) is 0 Å². The van der Waals surface area contributed by atoms with E-state index < -0.39 is 0 Å². The average molecular weight is 223 g/mol. The van der Waals surface area contributed by atoms with Gasteiger partial charge in [-0.2, -0.15) is 0 Å². The molecule has 2 rings (SSSR count). The lowest BCUT2D eigenvalue weighted by atomic mass is 10.1. The molecule has 16 heavy (non-hydrogen) atoms. The van der Waals surface area contributed by atoms with E-state index in [4.69, 9.17) is 9.47 Å². The summed E-state index contributed by atoms with van der Waals surface area (Å²) in [7, 11) is 1.60. The second kappa shape index (κ2) is 5.07. The molecule has 1 aromatic carbocycles. The second-order valence-corrected chi connectivity index (χ2v) is 3.92. The Bertz CT molecular complexity index is 348. The van der Waals surface area contributed by atoms with Gasteiger partial charge in [-0.05, 0) is 31.5 Å². The van der Waals surface area contributed by atoms with E-state index in [1.807, 2.05) is 0 Å². The van der Waals surface area contributed by atoms with Gasteiger partial charge in [0.05, 0.1) is 7.11 Å². The fraction of sp³-hybridized carbons (Fsp3) is 0.500. The molecular formula is C12H17NO3. The Morgan fingerprint density at radius 3 is 3.00 bits per heavy atom. The minimum absolute atomic E-state index is 0.131. The highest BCUT2D eigenvalue weighted by atomic mass is 16.5. The molecule has 1 saturated heterocycles. The van der Waals surface area contributed by atoms with Crippen LogP contribution in [0.4, 0.5) is 0 Å². The Labute approximate surface area is 95.2 Å². The quantitative estimate of drug-likeness (QED) is 0.816. The zero-order chi connectivity index (χ0) is 11.4. The summed E-state index contributed by atoms with van der Waals surface area (Å²) in [5.41, 5.74) is 0. The number of methoxy groups -OCH3 is 1. The first kappa shape index (κ1) is 11.1. The highest BCUT2D eigenvalue weighted by molar-refractivity contribution is 5.44. The van der Waals surface area contributed by atoms with Crippen LogP contribution in [0.15, 0.2) is 18.2 Å². The van der Waals surface area contributed by atoms with Gasteiger partial charge in [-0.25, -0.2) is 0 Å². The summed E-state index contributed by atoms with van der Waals surface area (Å²) >= 11 is 0. The molecule has 2 N–H and O–H groups in total. The lowest BCUT2D eigenvalue weighted by Crippen LogP contribution is -2.37. The molecule has 0 amide bonds. The molecule has 0 aromatic heterocycles. The van der Waals surface area contributed by atoms with Crippen LogP contribution in [0.1, 0.15) is 12.8 Å². The summed E-state index contributed by atoms with van der Waals surface area (Å²) in [5, 5.41) is 12.9. The third kappa shape index (κ3) is 2.58. The molecule has 88 valence electrons. The summed E-state index contributed by atoms with van der Waals surface area (Å²) in [4.78, 5) is 0. The Kier molecular flexibility index (Phi) is 3.51. The first-order valence-corrected chi connectivity index (χ1v) is 5.54. The lowest BCUT2D eigenvalue weighted by molar-refractivity contribution is 0.161. The highest BCUT2D eigenvalue weighted by Gasteiger charge is 2.16. The summed E-state index contributed by atoms with van der Waals surface area (Å²) in [6, 6.07) is 5.01. The summed E-state index contributed by atoms with van der Waals surface area (Å²) < 4.78 is 10.8. The fourth-order valence-corrected chi connectivity index (χ4v) is 1.82. The van der Waals surface area contributed by atoms with Gasteiger partial charge in [0.15, 0.2) is 11.5 Å². The van der Waals surface area contributed by atoms with Crippen LogP contribution in [0.5, 0.6) is 17.2 Å². The first-order valence-electron chi connectivity index (χ1n) is 5.54. The number of nitrogens with one attached hydrogen (secondary N) is 1. The Morgan fingerprint density at radius 1 is 1.44 bits per heavy atom. The smallest absolute Gasteiger partial charge is 0.165 e. The first-order chi connectivity index (χ1) is 7.79. The SMILES string of the molecule is COc1ccc(O)c(OC2CCCNC2)c1. The predicted octanol–water partition coefficient (Wildman–Crippen LogP) is 1.53. The van der Waals surface area contributed by atoms with Crippen molar-refractivity contribution in [1.82, 2.24) is 5.32 Å². The van der Waals surface area contributed by atoms with Crippen LogP contribution < -0.4 is 14.8 Å². The van der Waals surface area contributed by atoms with Crippen LogP contribution in [-0.4, -0.2) is 31.4 Å². The standard InChI is InChI=1S/C12H17NO3/c1-15-9-4-5-11(14)12(7-9)16-10-3-2-6-13-8-10/h4-5,7,10,13-14H,2-3,6,8H2,1H3. The average Bonchev–Trinajstić information content (AvgIpc) is 2.33. The van der Waals surface area contributed by atoms with E-state index >= 15 is 0 Å². The van der Waals surface area contributed by atoms with Gasteiger partial charge in [0.2, 0.25) is 0 Å². The van der Waals surface area contributed by atoms with Crippen molar-refractivity contribution in [3.8, 4) is 17.2 Å². The topological polar surface area (TPSA) is 50.7 Å². The maximum Gasteiger partial charge on any atom is 0.165 e. The molecular weight excluding hydrogens is 206 g/mol. The van der Waals surface area contributed by atoms with E-state index in [0.29, 0.717) is 11.5 Å². The van der Waals surface area contributed by atoms with Crippen molar-refractivity contribution in [2.45, 2.75) is 18.9 Å². The lowest BCUT2D eigenvalue weighted by Gasteiger charge is -2.24. The number of benzene rings is 1. The van der Waals surface area contributed by atoms with E-state index in [2.05, 4.69) is 5.32 Å². The van der Waals surface area contributed by atoms with E-state index in [0.717, 1.165) is 25.9 Å². The number of piperidine rings is 1. The van der Waals surface area contributed by atoms with Gasteiger partial charge >= 0.3 is 0 Å². The zero-order valence-corrected chi connectivity index (χ0v) is 9.40. The third-order valence-corrected chi connectivity index (χ3v) is 2.71. The second-order valence-electron chi connectivity index (χ2n) is 3.92. The minimum atomic E-state index is 0.131. The van der Waals surface area contributed by atoms with Crippen molar-refractivity contribution in [2.75, 3.05) is 20.2 Å². The van der Waals surface area contributed by atoms with E-state index in [-0.39, 0.29) is 11.9 Å². The van der Waals surface area contributed by atoms with Gasteiger partial charge in [-0.3, -0.25) is 0 Å². The predicted molar refractivity (Wildman–Crippen MR) is 61.2 cm³/mol. The van der Waals surface area contributed by atoms with Gasteiger partial charge in [0.25, 0.3) is 0 Å². The number of phenolic OH excluding ortho intramolecular Hbond substituents is 1. The molecule has 1 heterocycles. The molecule has 0 bridgehead atoms. The van der Waals surface area contributed by atoms with Crippen LogP contribution in [0.3, 0.4) is 0 Å². The van der Waals surface area contributed by atoms with Crippen molar-refractivity contribution in [1.29, 1.82) is 0 Å². The molecule has 1 atom stereocenters. The van der Waals surface area contributed by atoms with Crippen LogP contribution >= 0.6 is 0 Å². The maximum atomic E-state index is 9.66. The molecule has 4 nitrogen and oxygen atoms in total. The summed E-state index contributed by atoms with van der Waals surface area (Å²) in [6.45, 7) is 1.88. The molecule has 1 aliphatic heterocycles. The molecule has 4 heteroatoms. The van der Waals surface area contributed by atoms with Gasteiger partial charge in [0, 0.05) is 12.6 Å². The number of phenols is 1. The van der Waals surface area contributed by atoms with Crippen molar-refractivity contribution >= 4 is 0 Å². The van der Waals surface area contributed by atoms with Crippen molar-refractivity contribution < 1.29 is 14.6 Å². The molecule has 1 aromatic rings. The largest absolute Gasteiger partial charge is 0.504 e. The van der Waals surface area contributed by atoms with Gasteiger partial charge in [0.1, 0.15) is 11.9 Å². The highest BCUT2D eigenvalue weighted by Crippen LogP contribution is 2.31. The molecule has 1 fully saturated rings. The number of hydrogen-bond donors (Lipinski definition) is 2. The molecule has 1 aliphatic rings. The Hall–Kier alpha value is -1.42. The maximum absolute atomic E-state index is 9.66. The van der Waals surface area contributed by atoms with Crippen LogP contribution in [0, 0.1) is 0 Å². The molecule has 1 unspecified atom stereocenters. The summed E-state index contributed by atoms with van der Waals surface area (Å²) in [5.74, 6) is 1.34. The number of hydrogen-bond acceptors (Lipinski definition) is 4. The Morgan fingerprint density at radius 2 is 2.31 bits per heavy atom. The van der Waals surface area contributed by atoms with Crippen molar-refractivity contribution in [3.05, 3.63) is 18.2 Å². The van der Waals surface area contributed by atoms with Gasteiger partial charge in [-0.1, -0.05) is 0 Å². The van der Waals surface area contributed by atoms with E-state index in [1.54, 1.807) is 25.3 Å². The number of aromatic hydroxyl groups is 1. The van der Waals surface area contributed by atoms with Crippen LogP contribution in [-0.2, 0) is 0 Å². The third-order valence-electron chi connectivity index (χ3n) is 2.71. The van der Waals surface area contributed by atoms with Crippen LogP contribution in [0.25, 0.3) is 0 Å². The molecule has 0 saturated carbocycles. The Balaban J connectivity index is 2.06. The van der Waals surface area contributed by atoms with Gasteiger partial charge in [-0.15, -0.1) is 0 Å². The summed E-state index contributed by atoms with van der Waals surface area (Å²) in [6.07, 6.45) is 2.26. The van der Waals surface area contributed by atoms with Gasteiger partial charge < -0.3 is 19.9 Å². The fourth-order valence-electron chi connectivity index (χ4n) is 1.82. The normalized spacial score (nSPS) is 20.4. The number of ether oxygens (including phenoxy) is 2. The molecule has 0 radical (unpaired) electrons. The zero-order valence-electron chi connectivity index (χ0n) is 9.40. The van der Waals surface area contributed by atoms with E-state index in [1.165, 1.54) is 0 Å². The van der Waals surface area contributed by atoms with Crippen LogP contribution in [0.2, 0.25) is 0 Å². The van der Waals surface area contributed by atoms with E-state index in [9.17, 15) is 5.11 Å². The number of rotatable bonds is 3.